The first-order valence-electron chi connectivity index (χ1n) is 12.8. The molecule has 40 heavy (non-hydrogen) atoms. The molecule has 0 fully saturated rings. The largest absolute Gasteiger partial charge is 0.486 e. The van der Waals surface area contributed by atoms with Gasteiger partial charge in [-0.3, -0.25) is 0 Å². The number of carboxylic acid groups (broad SMARTS) is 2. The van der Waals surface area contributed by atoms with Gasteiger partial charge in [0.25, 0.3) is 0 Å². The van der Waals surface area contributed by atoms with Gasteiger partial charge in [0.1, 0.15) is 24.6 Å². The van der Waals surface area contributed by atoms with Crippen LogP contribution in [0, 0.1) is 17.1 Å². The summed E-state index contributed by atoms with van der Waals surface area (Å²) in [5, 5.41) is 27.6. The molecule has 3 N–H and O–H groups in total. The van der Waals surface area contributed by atoms with Crippen LogP contribution in [0.3, 0.4) is 0 Å². The van der Waals surface area contributed by atoms with E-state index in [0.717, 1.165) is 66.1 Å². The Labute approximate surface area is 230 Å². The zero-order chi connectivity index (χ0) is 28.5. The van der Waals surface area contributed by atoms with Gasteiger partial charge < -0.3 is 29.7 Å². The van der Waals surface area contributed by atoms with E-state index in [9.17, 15) is 9.65 Å². The van der Waals surface area contributed by atoms with Gasteiger partial charge in [-0.05, 0) is 84.9 Å². The first kappa shape index (κ1) is 28.5. The van der Waals surface area contributed by atoms with Crippen molar-refractivity contribution in [3.8, 4) is 17.6 Å². The number of aliphatic carboxylic acids is 2. The molecule has 0 amide bonds. The number of halogens is 1. The minimum absolute atomic E-state index is 0.268. The van der Waals surface area contributed by atoms with Gasteiger partial charge in [0, 0.05) is 0 Å². The molecule has 10 heteroatoms. The van der Waals surface area contributed by atoms with Crippen LogP contribution < -0.4 is 14.8 Å². The first-order chi connectivity index (χ1) is 19.3. The Bertz CT molecular complexity index is 1390. The fraction of sp³-hybridized carbons (Fsp3) is 0.300. The monoisotopic (exact) mass is 548 g/mol. The maximum Gasteiger partial charge on any atom is 0.414 e. The van der Waals surface area contributed by atoms with Crippen LogP contribution in [0.1, 0.15) is 40.7 Å². The van der Waals surface area contributed by atoms with E-state index in [1.807, 2.05) is 30.3 Å². The lowest BCUT2D eigenvalue weighted by Gasteiger charge is -2.31. The molecule has 0 aliphatic carbocycles. The number of para-hydroxylation sites is 1. The second-order valence-corrected chi connectivity index (χ2v) is 9.26. The smallest absolute Gasteiger partial charge is 0.414 e. The van der Waals surface area contributed by atoms with Crippen molar-refractivity contribution in [2.75, 3.05) is 26.3 Å². The molecular formula is C30H29FN2O7. The van der Waals surface area contributed by atoms with Gasteiger partial charge in [-0.1, -0.05) is 30.3 Å². The highest BCUT2D eigenvalue weighted by atomic mass is 19.1. The Morgan fingerprint density at radius 2 is 1.75 bits per heavy atom. The highest BCUT2D eigenvalue weighted by Gasteiger charge is 2.41. The molecule has 0 spiro atoms. The second kappa shape index (κ2) is 13.1. The van der Waals surface area contributed by atoms with Crippen molar-refractivity contribution in [3.63, 3.8) is 0 Å². The highest BCUT2D eigenvalue weighted by Crippen LogP contribution is 2.45. The number of rotatable bonds is 8. The minimum atomic E-state index is -1.82. The van der Waals surface area contributed by atoms with E-state index in [2.05, 4.69) is 17.5 Å². The molecule has 2 aliphatic rings. The number of hydrogen-bond acceptors (Lipinski definition) is 7. The van der Waals surface area contributed by atoms with Crippen LogP contribution >= 0.6 is 0 Å². The third-order valence-electron chi connectivity index (χ3n) is 6.74. The molecule has 1 atom stereocenters. The summed E-state index contributed by atoms with van der Waals surface area (Å²) in [6, 6.07) is 20.5. The average molecular weight is 549 g/mol. The van der Waals surface area contributed by atoms with Crippen LogP contribution in [0.5, 0.6) is 11.5 Å². The van der Waals surface area contributed by atoms with Crippen LogP contribution in [-0.4, -0.2) is 48.5 Å². The maximum atomic E-state index is 13.6. The molecule has 0 aromatic heterocycles. The normalized spacial score (nSPS) is 16.7. The van der Waals surface area contributed by atoms with Crippen LogP contribution in [-0.2, 0) is 33.0 Å². The van der Waals surface area contributed by atoms with Crippen LogP contribution in [0.25, 0.3) is 0 Å². The van der Waals surface area contributed by atoms with Gasteiger partial charge in [0.15, 0.2) is 11.5 Å². The predicted molar refractivity (Wildman–Crippen MR) is 142 cm³/mol. The molecule has 208 valence electrons. The van der Waals surface area contributed by atoms with Gasteiger partial charge in [-0.15, -0.1) is 0 Å². The van der Waals surface area contributed by atoms with Crippen molar-refractivity contribution in [3.05, 3.63) is 94.3 Å². The molecule has 3 aromatic rings. The molecule has 0 saturated carbocycles. The van der Waals surface area contributed by atoms with E-state index in [0.29, 0.717) is 25.4 Å². The average Bonchev–Trinajstić information content (AvgIpc) is 3.34. The molecule has 0 radical (unpaired) electrons. The molecule has 0 saturated heterocycles. The van der Waals surface area contributed by atoms with E-state index < -0.39 is 17.5 Å². The quantitative estimate of drug-likeness (QED) is 0.282. The fourth-order valence-corrected chi connectivity index (χ4v) is 4.91. The molecule has 1 unspecified atom stereocenters. The lowest BCUT2D eigenvalue weighted by atomic mass is 9.81. The summed E-state index contributed by atoms with van der Waals surface area (Å²) in [6.45, 7) is 3.27. The van der Waals surface area contributed by atoms with E-state index in [1.54, 1.807) is 12.1 Å². The highest BCUT2D eigenvalue weighted by molar-refractivity contribution is 6.27. The van der Waals surface area contributed by atoms with Gasteiger partial charge in [0.05, 0.1) is 18.2 Å². The van der Waals surface area contributed by atoms with Crippen molar-refractivity contribution in [1.29, 1.82) is 5.26 Å². The number of hydrogen-bond donors (Lipinski definition) is 3. The summed E-state index contributed by atoms with van der Waals surface area (Å²) in [5.41, 5.74) is 4.15. The Hall–Kier alpha value is -4.46. The predicted octanol–water partition coefficient (Wildman–Crippen LogP) is 4.01. The third-order valence-corrected chi connectivity index (χ3v) is 6.74. The minimum Gasteiger partial charge on any atom is -0.486 e. The van der Waals surface area contributed by atoms with Gasteiger partial charge in [-0.2, -0.15) is 5.26 Å². The number of nitriles is 1. The lowest BCUT2D eigenvalue weighted by Crippen LogP contribution is -2.29. The number of benzene rings is 3. The summed E-state index contributed by atoms with van der Waals surface area (Å²) >= 11 is 0. The number of fused-ring (bicyclic) bond motifs is 2. The van der Waals surface area contributed by atoms with Gasteiger partial charge in [0.2, 0.25) is 0 Å². The summed E-state index contributed by atoms with van der Waals surface area (Å²) in [4.78, 5) is 18.2. The molecule has 5 rings (SSSR count). The molecule has 3 aromatic carbocycles. The van der Waals surface area contributed by atoms with Crippen molar-refractivity contribution in [2.45, 2.75) is 31.5 Å². The van der Waals surface area contributed by atoms with Crippen molar-refractivity contribution >= 4 is 11.9 Å². The molecule has 2 heterocycles. The van der Waals surface area contributed by atoms with E-state index in [4.69, 9.17) is 34.0 Å². The summed E-state index contributed by atoms with van der Waals surface area (Å²) < 4.78 is 31.5. The Kier molecular flexibility index (Phi) is 9.32. The zero-order valence-electron chi connectivity index (χ0n) is 21.7. The van der Waals surface area contributed by atoms with E-state index >= 15 is 0 Å². The van der Waals surface area contributed by atoms with Crippen LogP contribution in [0.15, 0.2) is 60.7 Å². The molecular weight excluding hydrogens is 519 g/mol. The molecule has 2 aliphatic heterocycles. The molecule has 9 nitrogen and oxygen atoms in total. The SMILES string of the molecule is N#Cc1ccc2c(c1)COC2(CCCNCCc1cccc2c1OCCO2)c1ccc(F)cc1.O=C(O)C(=O)O. The zero-order valence-corrected chi connectivity index (χ0v) is 21.7. The second-order valence-electron chi connectivity index (χ2n) is 9.26. The van der Waals surface area contributed by atoms with Gasteiger partial charge in [-0.25, -0.2) is 14.0 Å². The van der Waals surface area contributed by atoms with E-state index in [1.165, 1.54) is 12.1 Å². The van der Waals surface area contributed by atoms with Crippen molar-refractivity contribution < 1.29 is 38.4 Å². The summed E-state index contributed by atoms with van der Waals surface area (Å²) in [5.74, 6) is -2.23. The number of carbonyl (C=O) groups is 2. The topological polar surface area (TPSA) is 138 Å². The summed E-state index contributed by atoms with van der Waals surface area (Å²) in [6.07, 6.45) is 2.48. The van der Waals surface area contributed by atoms with E-state index in [-0.39, 0.29) is 5.82 Å². The molecule has 0 bridgehead atoms. The number of nitrogens with zero attached hydrogens (tertiary/aromatic N) is 1. The van der Waals surface area contributed by atoms with Crippen LogP contribution in [0.4, 0.5) is 4.39 Å². The Morgan fingerprint density at radius 3 is 2.48 bits per heavy atom. The third kappa shape index (κ3) is 6.57. The van der Waals surface area contributed by atoms with Gasteiger partial charge >= 0.3 is 11.9 Å². The number of ether oxygens (including phenoxy) is 3. The summed E-state index contributed by atoms with van der Waals surface area (Å²) in [7, 11) is 0. The maximum absolute atomic E-state index is 13.6. The number of carboxylic acids is 2. The van der Waals surface area contributed by atoms with Crippen LogP contribution in [0.2, 0.25) is 0 Å². The Morgan fingerprint density at radius 1 is 1.00 bits per heavy atom. The Balaban J connectivity index is 0.000000557. The number of nitrogens with one attached hydrogen (secondary N) is 1. The standard InChI is InChI=1S/C28H27FN2O3.C2H2O4/c29-24-8-6-23(7-9-24)28(25-10-5-20(18-30)17-22(25)19-34-28)12-2-13-31-14-11-21-3-1-4-26-27(21)33-16-15-32-26;3-1(4)2(5)6/h1,3-10,17,31H,2,11-16,19H2;(H,3,4)(H,5,6). The van der Waals surface area contributed by atoms with Crippen molar-refractivity contribution in [1.82, 2.24) is 5.32 Å². The van der Waals surface area contributed by atoms with Crippen molar-refractivity contribution in [2.24, 2.45) is 0 Å². The fourth-order valence-electron chi connectivity index (χ4n) is 4.91. The lowest BCUT2D eigenvalue weighted by molar-refractivity contribution is -0.159. The first-order valence-corrected chi connectivity index (χ1v) is 12.8.